The molecule has 5 rings (SSSR count). The quantitative estimate of drug-likeness (QED) is 0.349. The van der Waals surface area contributed by atoms with Gasteiger partial charge in [-0.1, -0.05) is 0 Å². The van der Waals surface area contributed by atoms with Crippen molar-refractivity contribution in [2.75, 3.05) is 37.8 Å². The minimum absolute atomic E-state index is 0. The van der Waals surface area contributed by atoms with E-state index in [0.29, 0.717) is 0 Å². The van der Waals surface area contributed by atoms with Crippen LogP contribution in [0.25, 0.3) is 8.94 Å². The van der Waals surface area contributed by atoms with Gasteiger partial charge in [0, 0.05) is 0 Å². The van der Waals surface area contributed by atoms with Gasteiger partial charge in [0.1, 0.15) is 0 Å². The Morgan fingerprint density at radius 3 is 1.64 bits per heavy atom. The maximum Gasteiger partial charge on any atom is -1.00 e. The molecule has 0 amide bonds. The molecule has 0 spiro atoms. The second-order valence-corrected chi connectivity index (χ2v) is 10.2. The molecule has 0 aromatic heterocycles. The first-order valence-electron chi connectivity index (χ1n) is 10.8. The molecule has 3 aliphatic rings. The molecule has 2 aliphatic heterocycles. The maximum atomic E-state index is 5.93. The van der Waals surface area contributed by atoms with E-state index in [4.69, 9.17) is 16.2 Å². The van der Waals surface area contributed by atoms with Crippen molar-refractivity contribution in [1.29, 1.82) is 0 Å². The minimum atomic E-state index is 0. The Balaban J connectivity index is 0.00000259. The zero-order chi connectivity index (χ0) is 21.9. The first-order chi connectivity index (χ1) is 15.7. The van der Waals surface area contributed by atoms with E-state index in [1.165, 1.54) is 36.9 Å². The van der Waals surface area contributed by atoms with E-state index >= 15 is 0 Å². The van der Waals surface area contributed by atoms with Crippen LogP contribution in [0, 0.1) is 0 Å². The fourth-order valence-electron chi connectivity index (χ4n) is 3.93. The third-order valence-electron chi connectivity index (χ3n) is 5.76. The number of anilines is 2. The van der Waals surface area contributed by atoms with Crippen molar-refractivity contribution in [2.24, 2.45) is 0 Å². The molecule has 0 radical (unpaired) electrons. The van der Waals surface area contributed by atoms with E-state index in [2.05, 4.69) is 65.3 Å². The number of halogens is 1. The van der Waals surface area contributed by atoms with Gasteiger partial charge in [0.05, 0.1) is 0 Å². The van der Waals surface area contributed by atoms with Crippen molar-refractivity contribution < 1.29 is 21.7 Å². The topological polar surface area (TPSA) is 64.3 Å². The SMILES string of the molecule is Nc1ccc(C2=CC(=C3C=CC(=[N+]4CCOCC4)C=C3)C=C(c3ccc(N)cc3)[Se]2)cc1.[Cl-]. The normalized spacial score (nSPS) is 18.1. The summed E-state index contributed by atoms with van der Waals surface area (Å²) in [7, 11) is 0. The van der Waals surface area contributed by atoms with Crippen LogP contribution in [0.5, 0.6) is 0 Å². The average Bonchev–Trinajstić information content (AvgIpc) is 2.85. The van der Waals surface area contributed by atoms with Gasteiger partial charge in [-0.25, -0.2) is 0 Å². The number of hydrogen-bond donors (Lipinski definition) is 2. The van der Waals surface area contributed by atoms with Gasteiger partial charge in [-0.15, -0.1) is 0 Å². The number of nitrogen functional groups attached to an aromatic ring is 2. The second kappa shape index (κ2) is 10.4. The van der Waals surface area contributed by atoms with Crippen LogP contribution in [-0.2, 0) is 4.74 Å². The number of nitrogens with zero attached hydrogens (tertiary/aromatic N) is 1. The fraction of sp³-hybridized carbons (Fsp3) is 0.148. The zero-order valence-electron chi connectivity index (χ0n) is 18.2. The summed E-state index contributed by atoms with van der Waals surface area (Å²) in [5.41, 5.74) is 19.6. The molecular formula is C27H26ClN3OSe. The molecule has 168 valence electrons. The van der Waals surface area contributed by atoms with Gasteiger partial charge >= 0.3 is 195 Å². The van der Waals surface area contributed by atoms with Crippen LogP contribution in [0.1, 0.15) is 11.1 Å². The van der Waals surface area contributed by atoms with Gasteiger partial charge in [0.25, 0.3) is 0 Å². The van der Waals surface area contributed by atoms with E-state index < -0.39 is 0 Å². The van der Waals surface area contributed by atoms with Crippen molar-refractivity contribution in [1.82, 2.24) is 0 Å². The molecular weight excluding hydrogens is 497 g/mol. The van der Waals surface area contributed by atoms with Gasteiger partial charge in [0.15, 0.2) is 0 Å². The Labute approximate surface area is 207 Å². The number of ether oxygens (including phenoxy) is 1. The van der Waals surface area contributed by atoms with Crippen molar-refractivity contribution in [3.63, 3.8) is 0 Å². The first kappa shape index (κ1) is 23.3. The molecule has 2 aromatic carbocycles. The maximum absolute atomic E-state index is 5.93. The average molecular weight is 523 g/mol. The molecule has 4 N–H and O–H groups in total. The van der Waals surface area contributed by atoms with Crippen molar-refractivity contribution in [3.05, 3.63) is 107 Å². The molecule has 4 nitrogen and oxygen atoms in total. The Hall–Kier alpha value is -2.82. The molecule has 2 heterocycles. The Bertz CT molecular complexity index is 1130. The Morgan fingerprint density at radius 1 is 0.667 bits per heavy atom. The number of hydrogen-bond acceptors (Lipinski definition) is 3. The molecule has 2 aromatic rings. The van der Waals surface area contributed by atoms with Crippen LogP contribution in [-0.4, -0.2) is 51.5 Å². The summed E-state index contributed by atoms with van der Waals surface area (Å²) >= 11 is 0.184. The van der Waals surface area contributed by atoms with Gasteiger partial charge in [-0.2, -0.15) is 0 Å². The molecule has 6 heteroatoms. The predicted octanol–water partition coefficient (Wildman–Crippen LogP) is 0.861. The third kappa shape index (κ3) is 5.40. The molecule has 1 fully saturated rings. The molecule has 1 aliphatic carbocycles. The summed E-state index contributed by atoms with van der Waals surface area (Å²) in [4.78, 5) is 0. The summed E-state index contributed by atoms with van der Waals surface area (Å²) < 4.78 is 10.6. The van der Waals surface area contributed by atoms with Crippen molar-refractivity contribution in [2.45, 2.75) is 0 Å². The van der Waals surface area contributed by atoms with Crippen LogP contribution in [0.2, 0.25) is 0 Å². The van der Waals surface area contributed by atoms with Crippen LogP contribution >= 0.6 is 0 Å². The third-order valence-corrected chi connectivity index (χ3v) is 8.17. The van der Waals surface area contributed by atoms with E-state index in [1.807, 2.05) is 24.3 Å². The summed E-state index contributed by atoms with van der Waals surface area (Å²) in [5, 5.41) is 0. The molecule has 0 saturated carbocycles. The van der Waals surface area contributed by atoms with Crippen LogP contribution in [0.3, 0.4) is 0 Å². The minimum Gasteiger partial charge on any atom is -1.00 e. The van der Waals surface area contributed by atoms with E-state index in [-0.39, 0.29) is 27.4 Å². The summed E-state index contributed by atoms with van der Waals surface area (Å²) in [6.45, 7) is 3.48. The van der Waals surface area contributed by atoms with Crippen molar-refractivity contribution in [3.8, 4) is 0 Å². The largest absolute Gasteiger partial charge is 1.00 e. The second-order valence-electron chi connectivity index (χ2n) is 7.96. The fourth-order valence-corrected chi connectivity index (χ4v) is 6.28. The van der Waals surface area contributed by atoms with Crippen molar-refractivity contribution >= 4 is 41.0 Å². The summed E-state index contributed by atoms with van der Waals surface area (Å²) in [6.07, 6.45) is 13.6. The van der Waals surface area contributed by atoms with E-state index in [0.717, 1.165) is 37.7 Å². The predicted molar refractivity (Wildman–Crippen MR) is 135 cm³/mol. The van der Waals surface area contributed by atoms with Gasteiger partial charge in [-0.3, -0.25) is 0 Å². The first-order valence-corrected chi connectivity index (χ1v) is 12.5. The zero-order valence-corrected chi connectivity index (χ0v) is 20.7. The number of morpholine rings is 1. The van der Waals surface area contributed by atoms with E-state index in [9.17, 15) is 0 Å². The number of benzene rings is 2. The van der Waals surface area contributed by atoms with Crippen LogP contribution in [0.4, 0.5) is 11.4 Å². The molecule has 0 unspecified atom stereocenters. The van der Waals surface area contributed by atoms with Crippen LogP contribution < -0.4 is 23.9 Å². The Kier molecular flexibility index (Phi) is 7.36. The summed E-state index contributed by atoms with van der Waals surface area (Å²) in [6, 6.07) is 16.4. The molecule has 33 heavy (non-hydrogen) atoms. The standard InChI is InChI=1S/C27H25N3OSe.ClH/c28-23-7-1-20(2-8-23)26-17-22(18-27(32-26)21-3-9-24(29)10-4-21)19-5-11-25(12-6-19)30-13-15-31-16-14-30;/h1-12,17-18H,13-16H2,(H3,28,29);1H. The molecule has 0 bridgehead atoms. The van der Waals surface area contributed by atoms with Gasteiger partial charge in [0.2, 0.25) is 0 Å². The van der Waals surface area contributed by atoms with Gasteiger partial charge < -0.3 is 12.4 Å². The Morgan fingerprint density at radius 2 is 1.15 bits per heavy atom. The monoisotopic (exact) mass is 523 g/mol. The number of allylic oxidation sites excluding steroid dienone is 8. The van der Waals surface area contributed by atoms with Gasteiger partial charge in [-0.05, 0) is 0 Å². The molecule has 0 atom stereocenters. The summed E-state index contributed by atoms with van der Waals surface area (Å²) in [5.74, 6) is 0. The number of rotatable bonds is 2. The smallest absolute Gasteiger partial charge is 1.00 e. The van der Waals surface area contributed by atoms with Crippen LogP contribution in [0.15, 0.2) is 96.1 Å². The van der Waals surface area contributed by atoms with E-state index in [1.54, 1.807) is 0 Å². The molecule has 1 saturated heterocycles. The number of nitrogens with two attached hydrogens (primary N) is 2.